The van der Waals surface area contributed by atoms with Gasteiger partial charge in [-0.05, 0) is 24.6 Å². The van der Waals surface area contributed by atoms with Crippen molar-refractivity contribution in [2.75, 3.05) is 13.7 Å². The van der Waals surface area contributed by atoms with Crippen LogP contribution in [0.5, 0.6) is 0 Å². The monoisotopic (exact) mass is 287 g/mol. The number of esters is 1. The van der Waals surface area contributed by atoms with E-state index >= 15 is 0 Å². The van der Waals surface area contributed by atoms with Crippen LogP contribution in [0.3, 0.4) is 0 Å². The summed E-state index contributed by atoms with van der Waals surface area (Å²) in [5.74, 6) is -0.540. The predicted molar refractivity (Wildman–Crippen MR) is 75.3 cm³/mol. The highest BCUT2D eigenvalue weighted by molar-refractivity contribution is 6.74. The maximum absolute atomic E-state index is 11.9. The highest BCUT2D eigenvalue weighted by Crippen LogP contribution is 2.37. The molecule has 0 bridgehead atoms. The fraction of sp³-hybridized carbons (Fsp3) is 0.846. The van der Waals surface area contributed by atoms with Gasteiger partial charge in [-0.3, -0.25) is 4.79 Å². The molecule has 1 fully saturated rings. The standard InChI is InChI=1S/C13H25NO4Si/c1-12(2,3)19(5,6)18-9-13(11(16)17-4)8-7-10(15)14-13/h7-9H2,1-6H3,(H,14,15)/t13-/m0/s1. The molecule has 6 heteroatoms. The van der Waals surface area contributed by atoms with Crippen molar-refractivity contribution in [1.29, 1.82) is 0 Å². The average molecular weight is 287 g/mol. The van der Waals surface area contributed by atoms with E-state index in [9.17, 15) is 9.59 Å². The summed E-state index contributed by atoms with van der Waals surface area (Å²) in [6.45, 7) is 10.8. The van der Waals surface area contributed by atoms with Crippen LogP contribution in [0.15, 0.2) is 0 Å². The SMILES string of the molecule is COC(=O)[C@@]1(CO[Si](C)(C)C(C)(C)C)CCC(=O)N1. The molecule has 110 valence electrons. The molecule has 1 rings (SSSR count). The first-order valence-electron chi connectivity index (χ1n) is 6.57. The number of ether oxygens (including phenoxy) is 1. The van der Waals surface area contributed by atoms with Crippen LogP contribution in [-0.4, -0.2) is 39.4 Å². The Morgan fingerprint density at radius 3 is 2.37 bits per heavy atom. The van der Waals surface area contributed by atoms with Gasteiger partial charge >= 0.3 is 5.97 Å². The topological polar surface area (TPSA) is 64.6 Å². The van der Waals surface area contributed by atoms with E-state index in [0.29, 0.717) is 12.8 Å². The summed E-state index contributed by atoms with van der Waals surface area (Å²) in [4.78, 5) is 23.4. The minimum Gasteiger partial charge on any atom is -0.467 e. The zero-order valence-electron chi connectivity index (χ0n) is 12.8. The van der Waals surface area contributed by atoms with Gasteiger partial charge in [0.25, 0.3) is 0 Å². The Morgan fingerprint density at radius 2 is 2.00 bits per heavy atom. The van der Waals surface area contributed by atoms with Crippen molar-refractivity contribution in [2.24, 2.45) is 0 Å². The van der Waals surface area contributed by atoms with Crippen LogP contribution in [0, 0.1) is 0 Å². The van der Waals surface area contributed by atoms with Crippen LogP contribution < -0.4 is 5.32 Å². The number of carbonyl (C=O) groups is 2. The van der Waals surface area contributed by atoms with Gasteiger partial charge in [0.05, 0.1) is 13.7 Å². The molecular formula is C13H25NO4Si. The molecule has 0 aromatic heterocycles. The lowest BCUT2D eigenvalue weighted by Gasteiger charge is -2.39. The third kappa shape index (κ3) is 3.36. The highest BCUT2D eigenvalue weighted by Gasteiger charge is 2.48. The molecular weight excluding hydrogens is 262 g/mol. The van der Waals surface area contributed by atoms with Crippen molar-refractivity contribution in [3.63, 3.8) is 0 Å². The van der Waals surface area contributed by atoms with Crippen molar-refractivity contribution in [3.05, 3.63) is 0 Å². The summed E-state index contributed by atoms with van der Waals surface area (Å²) < 4.78 is 10.9. The highest BCUT2D eigenvalue weighted by atomic mass is 28.4. The summed E-state index contributed by atoms with van der Waals surface area (Å²) >= 11 is 0. The third-order valence-electron chi connectivity index (χ3n) is 4.22. The van der Waals surface area contributed by atoms with Crippen molar-refractivity contribution in [1.82, 2.24) is 5.32 Å². The Hall–Kier alpha value is -0.883. The first-order chi connectivity index (χ1) is 8.54. The Morgan fingerprint density at radius 1 is 1.42 bits per heavy atom. The van der Waals surface area contributed by atoms with Crippen LogP contribution in [0.2, 0.25) is 18.1 Å². The minimum absolute atomic E-state index is 0.0624. The second kappa shape index (κ2) is 5.24. The fourth-order valence-corrected chi connectivity index (χ4v) is 2.79. The molecule has 1 amide bonds. The first kappa shape index (κ1) is 16.2. The molecule has 1 atom stereocenters. The van der Waals surface area contributed by atoms with E-state index in [4.69, 9.17) is 9.16 Å². The molecule has 0 aromatic rings. The van der Waals surface area contributed by atoms with Gasteiger partial charge in [0.1, 0.15) is 0 Å². The average Bonchev–Trinajstić information content (AvgIpc) is 2.67. The second-order valence-electron chi connectivity index (χ2n) is 6.67. The van der Waals surface area contributed by atoms with Gasteiger partial charge in [0.2, 0.25) is 5.91 Å². The number of methoxy groups -OCH3 is 1. The minimum atomic E-state index is -1.96. The molecule has 1 N–H and O–H groups in total. The normalized spacial score (nSPS) is 24.2. The van der Waals surface area contributed by atoms with Crippen molar-refractivity contribution >= 4 is 20.2 Å². The number of rotatable bonds is 4. The number of carbonyl (C=O) groups excluding carboxylic acids is 2. The lowest BCUT2D eigenvalue weighted by Crippen LogP contribution is -2.56. The quantitative estimate of drug-likeness (QED) is 0.633. The lowest BCUT2D eigenvalue weighted by molar-refractivity contribution is -0.150. The molecule has 0 saturated carbocycles. The Labute approximate surface area is 116 Å². The molecule has 0 aliphatic carbocycles. The van der Waals surface area contributed by atoms with Gasteiger partial charge < -0.3 is 14.5 Å². The van der Waals surface area contributed by atoms with Gasteiger partial charge in [-0.1, -0.05) is 20.8 Å². The van der Waals surface area contributed by atoms with Crippen LogP contribution in [0.25, 0.3) is 0 Å². The fourth-order valence-electron chi connectivity index (χ4n) is 1.75. The van der Waals surface area contributed by atoms with Gasteiger partial charge in [0, 0.05) is 6.42 Å². The summed E-state index contributed by atoms with van der Waals surface area (Å²) in [5, 5.41) is 2.79. The Balaban J connectivity index is 2.82. The van der Waals surface area contributed by atoms with Gasteiger partial charge in [-0.25, -0.2) is 4.79 Å². The van der Waals surface area contributed by atoms with Gasteiger partial charge in [-0.15, -0.1) is 0 Å². The van der Waals surface area contributed by atoms with Gasteiger partial charge in [-0.2, -0.15) is 0 Å². The van der Waals surface area contributed by atoms with Crippen LogP contribution in [0.4, 0.5) is 0 Å². The predicted octanol–water partition coefficient (Wildman–Crippen LogP) is 1.83. The van der Waals surface area contributed by atoms with Crippen LogP contribution >= 0.6 is 0 Å². The van der Waals surface area contributed by atoms with E-state index < -0.39 is 19.8 Å². The summed E-state index contributed by atoms with van der Waals surface area (Å²) in [6.07, 6.45) is 0.781. The molecule has 1 heterocycles. The van der Waals surface area contributed by atoms with Crippen LogP contribution in [-0.2, 0) is 18.8 Å². The zero-order chi connectivity index (χ0) is 14.9. The molecule has 0 unspecified atom stereocenters. The van der Waals surface area contributed by atoms with Gasteiger partial charge in [0.15, 0.2) is 13.9 Å². The summed E-state index contributed by atoms with van der Waals surface area (Å²) in [5.41, 5.74) is -0.999. The van der Waals surface area contributed by atoms with E-state index in [1.54, 1.807) is 0 Å². The maximum Gasteiger partial charge on any atom is 0.333 e. The second-order valence-corrected chi connectivity index (χ2v) is 11.5. The van der Waals surface area contributed by atoms with E-state index in [-0.39, 0.29) is 17.6 Å². The van der Waals surface area contributed by atoms with Crippen molar-refractivity contribution in [2.45, 2.75) is 57.3 Å². The summed E-state index contributed by atoms with van der Waals surface area (Å²) in [6, 6.07) is 0. The lowest BCUT2D eigenvalue weighted by atomic mass is 9.99. The number of hydrogen-bond donors (Lipinski definition) is 1. The molecule has 0 radical (unpaired) electrons. The van der Waals surface area contributed by atoms with Crippen LogP contribution in [0.1, 0.15) is 33.6 Å². The van der Waals surface area contributed by atoms with E-state index in [0.717, 1.165) is 0 Å². The number of nitrogens with one attached hydrogen (secondary N) is 1. The third-order valence-corrected chi connectivity index (χ3v) is 8.70. The van der Waals surface area contributed by atoms with E-state index in [1.165, 1.54) is 7.11 Å². The largest absolute Gasteiger partial charge is 0.467 e. The Bertz CT molecular complexity index is 375. The Kier molecular flexibility index (Phi) is 4.46. The van der Waals surface area contributed by atoms with Crippen molar-refractivity contribution in [3.8, 4) is 0 Å². The molecule has 1 saturated heterocycles. The number of hydrogen-bond acceptors (Lipinski definition) is 4. The molecule has 0 aromatic carbocycles. The molecule has 19 heavy (non-hydrogen) atoms. The molecule has 1 aliphatic rings. The summed E-state index contributed by atoms with van der Waals surface area (Å²) in [7, 11) is -0.625. The molecule has 0 spiro atoms. The first-order valence-corrected chi connectivity index (χ1v) is 9.48. The van der Waals surface area contributed by atoms with E-state index in [1.807, 2.05) is 0 Å². The molecule has 5 nitrogen and oxygen atoms in total. The number of amides is 1. The van der Waals surface area contributed by atoms with E-state index in [2.05, 4.69) is 39.2 Å². The smallest absolute Gasteiger partial charge is 0.333 e. The maximum atomic E-state index is 11.9. The van der Waals surface area contributed by atoms with Crippen molar-refractivity contribution < 1.29 is 18.8 Å². The zero-order valence-corrected chi connectivity index (χ0v) is 13.8. The molecule has 1 aliphatic heterocycles.